The highest BCUT2D eigenvalue weighted by Gasteiger charge is 2.29. The van der Waals surface area contributed by atoms with E-state index in [1.54, 1.807) is 29.4 Å². The Balaban J connectivity index is 1.57. The molecule has 164 valence electrons. The molecule has 4 rings (SSSR count). The lowest BCUT2D eigenvalue weighted by atomic mass is 10.0. The maximum absolute atomic E-state index is 13.1. The van der Waals surface area contributed by atoms with Crippen LogP contribution in [0.2, 0.25) is 0 Å². The number of aryl methyl sites for hydroxylation is 2. The van der Waals surface area contributed by atoms with Crippen molar-refractivity contribution in [1.82, 2.24) is 9.62 Å². The van der Waals surface area contributed by atoms with Crippen molar-refractivity contribution >= 4 is 26.9 Å². The second kappa shape index (κ2) is 8.48. The van der Waals surface area contributed by atoms with Crippen molar-refractivity contribution in [2.75, 3.05) is 13.1 Å². The van der Waals surface area contributed by atoms with Crippen molar-refractivity contribution in [3.63, 3.8) is 0 Å². The van der Waals surface area contributed by atoms with Crippen LogP contribution in [0.1, 0.15) is 47.0 Å². The molecule has 0 saturated carbocycles. The van der Waals surface area contributed by atoms with Gasteiger partial charge in [-0.15, -0.1) is 0 Å². The molecule has 0 spiro atoms. The van der Waals surface area contributed by atoms with Gasteiger partial charge in [0, 0.05) is 30.6 Å². The number of furan rings is 1. The van der Waals surface area contributed by atoms with Crippen molar-refractivity contribution in [1.29, 1.82) is 0 Å². The zero-order valence-electron chi connectivity index (χ0n) is 18.1. The van der Waals surface area contributed by atoms with Crippen LogP contribution in [-0.4, -0.2) is 31.7 Å². The van der Waals surface area contributed by atoms with E-state index >= 15 is 0 Å². The van der Waals surface area contributed by atoms with E-state index in [2.05, 4.69) is 12.2 Å². The first kappa shape index (κ1) is 21.6. The van der Waals surface area contributed by atoms with Gasteiger partial charge in [0.05, 0.1) is 4.90 Å². The molecule has 2 aromatic carbocycles. The minimum atomic E-state index is -3.57. The Bertz CT molecular complexity index is 1210. The first-order valence-corrected chi connectivity index (χ1v) is 12.1. The van der Waals surface area contributed by atoms with Crippen LogP contribution in [0.15, 0.2) is 51.8 Å². The van der Waals surface area contributed by atoms with Crippen LogP contribution >= 0.6 is 0 Å². The van der Waals surface area contributed by atoms with Gasteiger partial charge in [0.25, 0.3) is 5.91 Å². The molecule has 1 N–H and O–H groups in total. The molecule has 3 aromatic rings. The molecule has 1 saturated heterocycles. The third-order valence-corrected chi connectivity index (χ3v) is 7.81. The topological polar surface area (TPSA) is 79.6 Å². The van der Waals surface area contributed by atoms with Gasteiger partial charge in [-0.1, -0.05) is 36.8 Å². The summed E-state index contributed by atoms with van der Waals surface area (Å²) in [6, 6.07) is 12.8. The Morgan fingerprint density at radius 3 is 2.61 bits per heavy atom. The summed E-state index contributed by atoms with van der Waals surface area (Å²) in [6.45, 7) is 7.35. The van der Waals surface area contributed by atoms with E-state index in [1.807, 2.05) is 31.2 Å². The average Bonchev–Trinajstić information content (AvgIpc) is 3.09. The molecule has 0 unspecified atom stereocenters. The number of piperidine rings is 1. The number of hydrogen-bond donors (Lipinski definition) is 1. The highest BCUT2D eigenvalue weighted by Crippen LogP contribution is 2.30. The second-order valence-electron chi connectivity index (χ2n) is 8.49. The highest BCUT2D eigenvalue weighted by molar-refractivity contribution is 7.89. The molecular weight excluding hydrogens is 412 g/mol. The maximum Gasteiger partial charge on any atom is 0.287 e. The molecule has 0 radical (unpaired) electrons. The summed E-state index contributed by atoms with van der Waals surface area (Å²) in [7, 11) is -3.57. The first-order chi connectivity index (χ1) is 14.8. The molecule has 7 heteroatoms. The van der Waals surface area contributed by atoms with Crippen LogP contribution in [0.25, 0.3) is 11.0 Å². The molecule has 1 fully saturated rings. The predicted octanol–water partition coefficient (Wildman–Crippen LogP) is 4.40. The van der Waals surface area contributed by atoms with Crippen LogP contribution in [-0.2, 0) is 16.6 Å². The minimum absolute atomic E-state index is 0.211. The molecule has 1 aliphatic heterocycles. The second-order valence-corrected chi connectivity index (χ2v) is 10.4. The summed E-state index contributed by atoms with van der Waals surface area (Å²) in [6.07, 6.45) is 1.92. The summed E-state index contributed by atoms with van der Waals surface area (Å²) in [5.41, 5.74) is 3.30. The summed E-state index contributed by atoms with van der Waals surface area (Å²) in [5, 5.41) is 3.52. The standard InChI is InChI=1S/C24H28N2O4S/c1-16-6-8-19(9-7-16)14-25-24(27)23-18(3)21-13-20(10-11-22(21)30-23)31(28,29)26-12-4-5-17(2)15-26/h6-11,13,17H,4-5,12,14-15H2,1-3H3,(H,25,27)/t17-/m0/s1. The van der Waals surface area contributed by atoms with Crippen LogP contribution in [0.3, 0.4) is 0 Å². The SMILES string of the molecule is Cc1ccc(CNC(=O)c2oc3ccc(S(=O)(=O)N4CCC[C@H](C)C4)cc3c2C)cc1. The Kier molecular flexibility index (Phi) is 5.90. The Morgan fingerprint density at radius 1 is 1.16 bits per heavy atom. The number of benzene rings is 2. The summed E-state index contributed by atoms with van der Waals surface area (Å²) in [5.74, 6) is 0.249. The van der Waals surface area contributed by atoms with Gasteiger partial charge < -0.3 is 9.73 Å². The third kappa shape index (κ3) is 4.38. The van der Waals surface area contributed by atoms with Crippen LogP contribution < -0.4 is 5.32 Å². The minimum Gasteiger partial charge on any atom is -0.451 e. The number of hydrogen-bond acceptors (Lipinski definition) is 4. The molecule has 6 nitrogen and oxygen atoms in total. The van der Waals surface area contributed by atoms with Crippen LogP contribution in [0.4, 0.5) is 0 Å². The smallest absolute Gasteiger partial charge is 0.287 e. The number of nitrogens with zero attached hydrogens (tertiary/aromatic N) is 1. The summed E-state index contributed by atoms with van der Waals surface area (Å²) in [4.78, 5) is 12.9. The fraction of sp³-hybridized carbons (Fsp3) is 0.375. The van der Waals surface area contributed by atoms with Crippen LogP contribution in [0.5, 0.6) is 0 Å². The van der Waals surface area contributed by atoms with E-state index in [1.165, 1.54) is 0 Å². The lowest BCUT2D eigenvalue weighted by molar-refractivity contribution is 0.0924. The Labute approximate surface area is 183 Å². The van der Waals surface area contributed by atoms with Crippen molar-refractivity contribution < 1.29 is 17.6 Å². The molecule has 0 bridgehead atoms. The molecule has 0 aliphatic carbocycles. The van der Waals surface area contributed by atoms with Crippen molar-refractivity contribution in [3.8, 4) is 0 Å². The fourth-order valence-electron chi connectivity index (χ4n) is 4.06. The van der Waals surface area contributed by atoms with E-state index in [9.17, 15) is 13.2 Å². The average molecular weight is 441 g/mol. The number of carbonyl (C=O) groups is 1. The first-order valence-electron chi connectivity index (χ1n) is 10.6. The third-order valence-electron chi connectivity index (χ3n) is 5.95. The monoisotopic (exact) mass is 440 g/mol. The maximum atomic E-state index is 13.1. The lowest BCUT2D eigenvalue weighted by Crippen LogP contribution is -2.39. The number of sulfonamides is 1. The Hall–Kier alpha value is -2.64. The van der Waals surface area contributed by atoms with E-state index in [4.69, 9.17) is 4.42 Å². The number of rotatable bonds is 5. The van der Waals surface area contributed by atoms with Gasteiger partial charge in [-0.25, -0.2) is 8.42 Å². The quantitative estimate of drug-likeness (QED) is 0.638. The molecule has 1 aliphatic rings. The highest BCUT2D eigenvalue weighted by atomic mass is 32.2. The van der Waals surface area contributed by atoms with Gasteiger partial charge in [0.2, 0.25) is 10.0 Å². The zero-order chi connectivity index (χ0) is 22.2. The lowest BCUT2D eigenvalue weighted by Gasteiger charge is -2.30. The van der Waals surface area contributed by atoms with Gasteiger partial charge in [0.1, 0.15) is 5.58 Å². The van der Waals surface area contributed by atoms with Gasteiger partial charge in [0.15, 0.2) is 5.76 Å². The molecule has 31 heavy (non-hydrogen) atoms. The van der Waals surface area contributed by atoms with Gasteiger partial charge >= 0.3 is 0 Å². The molecular formula is C24H28N2O4S. The molecule has 1 aromatic heterocycles. The van der Waals surface area contributed by atoms with Gasteiger partial charge in [-0.2, -0.15) is 4.31 Å². The number of fused-ring (bicyclic) bond motifs is 1. The van der Waals surface area contributed by atoms with E-state index in [0.29, 0.717) is 42.1 Å². The van der Waals surface area contributed by atoms with Crippen molar-refractivity contribution in [2.24, 2.45) is 5.92 Å². The predicted molar refractivity (Wildman–Crippen MR) is 120 cm³/mol. The number of carbonyl (C=O) groups excluding carboxylic acids is 1. The normalized spacial score (nSPS) is 17.7. The Morgan fingerprint density at radius 2 is 1.90 bits per heavy atom. The summed E-state index contributed by atoms with van der Waals surface area (Å²) >= 11 is 0. The van der Waals surface area contributed by atoms with E-state index in [0.717, 1.165) is 24.0 Å². The number of nitrogens with one attached hydrogen (secondary N) is 1. The number of amides is 1. The molecule has 2 heterocycles. The summed E-state index contributed by atoms with van der Waals surface area (Å²) < 4.78 is 33.6. The van der Waals surface area contributed by atoms with Gasteiger partial charge in [-0.3, -0.25) is 4.79 Å². The van der Waals surface area contributed by atoms with Crippen LogP contribution in [0, 0.1) is 19.8 Å². The zero-order valence-corrected chi connectivity index (χ0v) is 19.0. The van der Waals surface area contributed by atoms with Gasteiger partial charge in [-0.05, 0) is 56.4 Å². The van der Waals surface area contributed by atoms with E-state index in [-0.39, 0.29) is 16.6 Å². The molecule has 1 atom stereocenters. The van der Waals surface area contributed by atoms with E-state index < -0.39 is 10.0 Å². The van der Waals surface area contributed by atoms with Crippen molar-refractivity contribution in [2.45, 2.75) is 45.1 Å². The molecule has 1 amide bonds. The van der Waals surface area contributed by atoms with Crippen molar-refractivity contribution in [3.05, 3.63) is 64.9 Å². The largest absolute Gasteiger partial charge is 0.451 e. The fourth-order valence-corrected chi connectivity index (χ4v) is 5.68.